The van der Waals surface area contributed by atoms with Crippen LogP contribution in [0.15, 0.2) is 109 Å². The van der Waals surface area contributed by atoms with Crippen LogP contribution >= 0.6 is 0 Å². The van der Waals surface area contributed by atoms with Crippen molar-refractivity contribution in [3.63, 3.8) is 0 Å². The minimum atomic E-state index is -0.421. The van der Waals surface area contributed by atoms with Crippen molar-refractivity contribution in [2.45, 2.75) is 86.0 Å². The standard InChI is InChI=1S/C47H54O5/c1-6-8-9-10-11-14-31-50-40-25-21-36(22-26-40)37-23-27-41(28-24-37)51-47(49)39-19-17-38(18-20-39)42-29-30-45(44-16-13-12-15-43(42)44)52-46(48)32-34(4)35(5)33(3)7-2/h12-13,15-30,33-35H,6-11,14,31-32H2,1-5H3. The molecule has 5 rings (SSSR count). The van der Waals surface area contributed by atoms with Crippen LogP contribution in [0.3, 0.4) is 0 Å². The van der Waals surface area contributed by atoms with Crippen molar-refractivity contribution in [3.8, 4) is 39.5 Å². The lowest BCUT2D eigenvalue weighted by Gasteiger charge is -2.24. The van der Waals surface area contributed by atoms with Gasteiger partial charge in [-0.05, 0) is 94.3 Å². The summed E-state index contributed by atoms with van der Waals surface area (Å²) in [7, 11) is 0. The number of ether oxygens (including phenoxy) is 3. The SMILES string of the molecule is CCCCCCCCOc1ccc(-c2ccc(OC(=O)c3ccc(-c4ccc(OC(=O)CC(C)C(C)C(C)CC)c5ccccc45)cc3)cc2)cc1. The number of rotatable bonds is 18. The Balaban J connectivity index is 1.17. The Morgan fingerprint density at radius 3 is 1.83 bits per heavy atom. The Bertz CT molecular complexity index is 1880. The smallest absolute Gasteiger partial charge is 0.343 e. The van der Waals surface area contributed by atoms with Gasteiger partial charge in [-0.3, -0.25) is 4.79 Å². The van der Waals surface area contributed by atoms with Crippen LogP contribution in [0.4, 0.5) is 0 Å². The van der Waals surface area contributed by atoms with Gasteiger partial charge in [0.1, 0.15) is 17.2 Å². The van der Waals surface area contributed by atoms with E-state index in [-0.39, 0.29) is 11.9 Å². The second-order valence-corrected chi connectivity index (χ2v) is 14.2. The fourth-order valence-electron chi connectivity index (χ4n) is 6.64. The predicted octanol–water partition coefficient (Wildman–Crippen LogP) is 12.7. The summed E-state index contributed by atoms with van der Waals surface area (Å²) in [6.07, 6.45) is 8.94. The fourth-order valence-corrected chi connectivity index (χ4v) is 6.64. The summed E-state index contributed by atoms with van der Waals surface area (Å²) in [5.41, 5.74) is 4.50. The number of fused-ring (bicyclic) bond motifs is 1. The van der Waals surface area contributed by atoms with Gasteiger partial charge >= 0.3 is 11.9 Å². The van der Waals surface area contributed by atoms with Crippen molar-refractivity contribution in [2.75, 3.05) is 6.61 Å². The van der Waals surface area contributed by atoms with Crippen LogP contribution in [0, 0.1) is 17.8 Å². The van der Waals surface area contributed by atoms with Crippen molar-refractivity contribution in [2.24, 2.45) is 17.8 Å². The molecule has 272 valence electrons. The lowest BCUT2D eigenvalue weighted by Crippen LogP contribution is -2.21. The van der Waals surface area contributed by atoms with E-state index in [1.165, 1.54) is 32.1 Å². The molecule has 0 aliphatic heterocycles. The molecule has 0 bridgehead atoms. The molecular weight excluding hydrogens is 645 g/mol. The highest BCUT2D eigenvalue weighted by molar-refractivity contribution is 6.01. The molecule has 5 nitrogen and oxygen atoms in total. The molecule has 3 unspecified atom stereocenters. The first-order valence-corrected chi connectivity index (χ1v) is 19.2. The van der Waals surface area contributed by atoms with E-state index < -0.39 is 5.97 Å². The third kappa shape index (κ3) is 10.3. The molecule has 0 saturated carbocycles. The number of carbonyl (C=O) groups is 2. The Hall–Kier alpha value is -4.90. The summed E-state index contributed by atoms with van der Waals surface area (Å²) in [6.45, 7) is 11.7. The van der Waals surface area contributed by atoms with E-state index in [1.54, 1.807) is 12.1 Å². The molecule has 5 heteroatoms. The molecule has 3 atom stereocenters. The molecule has 0 fully saturated rings. The molecule has 0 aliphatic rings. The highest BCUT2D eigenvalue weighted by atomic mass is 16.5. The highest BCUT2D eigenvalue weighted by Crippen LogP contribution is 2.36. The number of esters is 2. The van der Waals surface area contributed by atoms with Gasteiger partial charge in [-0.2, -0.15) is 0 Å². The zero-order chi connectivity index (χ0) is 36.9. The molecule has 0 heterocycles. The second kappa shape index (κ2) is 19.1. The molecule has 0 N–H and O–H groups in total. The number of unbranched alkanes of at least 4 members (excludes halogenated alkanes) is 5. The summed E-state index contributed by atoms with van der Waals surface area (Å²) in [5.74, 6) is 2.52. The molecule has 52 heavy (non-hydrogen) atoms. The molecule has 0 spiro atoms. The summed E-state index contributed by atoms with van der Waals surface area (Å²) in [4.78, 5) is 26.0. The van der Waals surface area contributed by atoms with Gasteiger partial charge in [0.2, 0.25) is 0 Å². The van der Waals surface area contributed by atoms with E-state index in [4.69, 9.17) is 14.2 Å². The first kappa shape index (κ1) is 38.3. The zero-order valence-corrected chi connectivity index (χ0v) is 31.5. The normalized spacial score (nSPS) is 12.9. The predicted molar refractivity (Wildman–Crippen MR) is 213 cm³/mol. The van der Waals surface area contributed by atoms with Gasteiger partial charge in [-0.15, -0.1) is 0 Å². The molecule has 5 aromatic carbocycles. The van der Waals surface area contributed by atoms with Gasteiger partial charge in [0, 0.05) is 11.8 Å². The topological polar surface area (TPSA) is 61.8 Å². The van der Waals surface area contributed by atoms with E-state index in [0.29, 0.717) is 35.3 Å². The number of benzene rings is 5. The van der Waals surface area contributed by atoms with E-state index in [2.05, 4.69) is 46.8 Å². The third-order valence-corrected chi connectivity index (χ3v) is 10.5. The van der Waals surface area contributed by atoms with Crippen molar-refractivity contribution in [1.82, 2.24) is 0 Å². The van der Waals surface area contributed by atoms with Gasteiger partial charge < -0.3 is 14.2 Å². The van der Waals surface area contributed by atoms with Crippen molar-refractivity contribution < 1.29 is 23.8 Å². The average molecular weight is 699 g/mol. The third-order valence-electron chi connectivity index (χ3n) is 10.5. The molecule has 5 aromatic rings. The first-order valence-electron chi connectivity index (χ1n) is 19.2. The molecular formula is C47H54O5. The lowest BCUT2D eigenvalue weighted by atomic mass is 9.82. The van der Waals surface area contributed by atoms with Gasteiger partial charge in [0.15, 0.2) is 0 Å². The Labute approximate surface area is 310 Å². The fraction of sp³-hybridized carbons (Fsp3) is 0.362. The van der Waals surface area contributed by atoms with Crippen LogP contribution in [0.25, 0.3) is 33.0 Å². The van der Waals surface area contributed by atoms with Crippen molar-refractivity contribution >= 4 is 22.7 Å². The molecule has 0 radical (unpaired) electrons. The maximum atomic E-state index is 13.1. The largest absolute Gasteiger partial charge is 0.494 e. The van der Waals surface area contributed by atoms with Gasteiger partial charge in [0.05, 0.1) is 12.2 Å². The van der Waals surface area contributed by atoms with Gasteiger partial charge in [-0.1, -0.05) is 140 Å². The summed E-state index contributed by atoms with van der Waals surface area (Å²) in [6, 6.07) is 34.9. The van der Waals surface area contributed by atoms with Crippen LogP contribution in [-0.2, 0) is 4.79 Å². The van der Waals surface area contributed by atoms with E-state index in [9.17, 15) is 9.59 Å². The highest BCUT2D eigenvalue weighted by Gasteiger charge is 2.22. The van der Waals surface area contributed by atoms with Crippen LogP contribution in [0.1, 0.15) is 96.3 Å². The van der Waals surface area contributed by atoms with Crippen LogP contribution in [-0.4, -0.2) is 18.5 Å². The van der Waals surface area contributed by atoms with Crippen LogP contribution in [0.5, 0.6) is 17.2 Å². The molecule has 0 saturated heterocycles. The van der Waals surface area contributed by atoms with E-state index in [1.807, 2.05) is 84.9 Å². The van der Waals surface area contributed by atoms with Crippen LogP contribution in [0.2, 0.25) is 0 Å². The minimum Gasteiger partial charge on any atom is -0.494 e. The number of hydrogen-bond acceptors (Lipinski definition) is 5. The maximum Gasteiger partial charge on any atom is 0.343 e. The zero-order valence-electron chi connectivity index (χ0n) is 31.5. The van der Waals surface area contributed by atoms with Crippen molar-refractivity contribution in [1.29, 1.82) is 0 Å². The first-order chi connectivity index (χ1) is 25.3. The summed E-state index contributed by atoms with van der Waals surface area (Å²) >= 11 is 0. The van der Waals surface area contributed by atoms with Crippen molar-refractivity contribution in [3.05, 3.63) is 115 Å². The Morgan fingerprint density at radius 2 is 1.17 bits per heavy atom. The maximum absolute atomic E-state index is 13.1. The minimum absolute atomic E-state index is 0.212. The van der Waals surface area contributed by atoms with E-state index in [0.717, 1.165) is 58.2 Å². The quantitative estimate of drug-likeness (QED) is 0.0518. The Kier molecular flexibility index (Phi) is 14.1. The van der Waals surface area contributed by atoms with Gasteiger partial charge in [-0.25, -0.2) is 4.79 Å². The lowest BCUT2D eigenvalue weighted by molar-refractivity contribution is -0.135. The molecule has 0 aromatic heterocycles. The number of carbonyl (C=O) groups excluding carboxylic acids is 2. The number of hydrogen-bond donors (Lipinski definition) is 0. The monoisotopic (exact) mass is 698 g/mol. The summed E-state index contributed by atoms with van der Waals surface area (Å²) < 4.78 is 17.6. The Morgan fingerprint density at radius 1 is 0.577 bits per heavy atom. The van der Waals surface area contributed by atoms with E-state index >= 15 is 0 Å². The molecule has 0 aliphatic carbocycles. The van der Waals surface area contributed by atoms with Crippen LogP contribution < -0.4 is 14.2 Å². The summed E-state index contributed by atoms with van der Waals surface area (Å²) in [5, 5.41) is 1.84. The molecule has 0 amide bonds. The van der Waals surface area contributed by atoms with Gasteiger partial charge in [0.25, 0.3) is 0 Å². The second-order valence-electron chi connectivity index (χ2n) is 14.2. The average Bonchev–Trinajstić information content (AvgIpc) is 3.17.